The maximum atomic E-state index is 12.9. The summed E-state index contributed by atoms with van der Waals surface area (Å²) in [6.07, 6.45) is -0.0184. The number of ether oxygens (including phenoxy) is 3. The van der Waals surface area contributed by atoms with Gasteiger partial charge >= 0.3 is 0 Å². The van der Waals surface area contributed by atoms with E-state index in [2.05, 4.69) is 32.9 Å². The molecule has 5 heteroatoms. The Morgan fingerprint density at radius 3 is 2.10 bits per heavy atom. The minimum absolute atomic E-state index is 0.0112. The summed E-state index contributed by atoms with van der Waals surface area (Å²) in [5, 5.41) is 0. The summed E-state index contributed by atoms with van der Waals surface area (Å²) in [6, 6.07) is 19.9. The minimum Gasteiger partial charge on any atom is -0.376 e. The van der Waals surface area contributed by atoms with Gasteiger partial charge in [0.05, 0.1) is 36.2 Å². The summed E-state index contributed by atoms with van der Waals surface area (Å²) in [5.41, 5.74) is 1.17. The SMILES string of the molecule is C[C@@H]1[C@H]([C@@H](C)CS(=O)c2ccccc2)OC(C)(C)O[C@@H]1[C@@H](C)COCc1ccccc1. The van der Waals surface area contributed by atoms with E-state index in [-0.39, 0.29) is 30.0 Å². The monoisotopic (exact) mass is 444 g/mol. The second-order valence-electron chi connectivity index (χ2n) is 9.20. The van der Waals surface area contributed by atoms with E-state index in [1.165, 1.54) is 5.56 Å². The average Bonchev–Trinajstić information content (AvgIpc) is 2.76. The van der Waals surface area contributed by atoms with Crippen molar-refractivity contribution in [1.82, 2.24) is 0 Å². The van der Waals surface area contributed by atoms with Crippen molar-refractivity contribution in [2.75, 3.05) is 12.4 Å². The molecule has 4 nitrogen and oxygen atoms in total. The predicted molar refractivity (Wildman–Crippen MR) is 125 cm³/mol. The lowest BCUT2D eigenvalue weighted by Crippen LogP contribution is -2.55. The minimum atomic E-state index is -1.05. The van der Waals surface area contributed by atoms with Crippen LogP contribution in [0.1, 0.15) is 40.2 Å². The van der Waals surface area contributed by atoms with Crippen molar-refractivity contribution >= 4 is 10.8 Å². The molecule has 1 fully saturated rings. The topological polar surface area (TPSA) is 44.8 Å². The lowest BCUT2D eigenvalue weighted by molar-refractivity contribution is -0.334. The molecule has 0 bridgehead atoms. The molecule has 1 aliphatic heterocycles. The first kappa shape index (κ1) is 24.1. The Labute approximate surface area is 189 Å². The van der Waals surface area contributed by atoms with Gasteiger partial charge in [-0.15, -0.1) is 0 Å². The van der Waals surface area contributed by atoms with Crippen LogP contribution in [0.3, 0.4) is 0 Å². The second kappa shape index (κ2) is 10.9. The van der Waals surface area contributed by atoms with Gasteiger partial charge in [-0.3, -0.25) is 4.21 Å². The van der Waals surface area contributed by atoms with Gasteiger partial charge in [0.2, 0.25) is 0 Å². The van der Waals surface area contributed by atoms with Crippen LogP contribution < -0.4 is 0 Å². The maximum Gasteiger partial charge on any atom is 0.163 e. The van der Waals surface area contributed by atoms with Gasteiger partial charge in [-0.2, -0.15) is 0 Å². The van der Waals surface area contributed by atoms with E-state index in [4.69, 9.17) is 14.2 Å². The van der Waals surface area contributed by atoms with E-state index in [0.717, 1.165) is 4.90 Å². The van der Waals surface area contributed by atoms with Crippen LogP contribution in [0, 0.1) is 17.8 Å². The van der Waals surface area contributed by atoms with Gasteiger partial charge in [-0.25, -0.2) is 0 Å². The summed E-state index contributed by atoms with van der Waals surface area (Å²) in [7, 11) is -1.05. The third-order valence-electron chi connectivity index (χ3n) is 5.91. The smallest absolute Gasteiger partial charge is 0.163 e. The fraction of sp³-hybridized carbons (Fsp3) is 0.538. The fourth-order valence-corrected chi connectivity index (χ4v) is 5.71. The first-order chi connectivity index (χ1) is 14.8. The van der Waals surface area contributed by atoms with Gasteiger partial charge in [0, 0.05) is 22.5 Å². The molecule has 0 amide bonds. The number of rotatable bonds is 9. The molecule has 31 heavy (non-hydrogen) atoms. The summed E-state index contributed by atoms with van der Waals surface area (Å²) < 4.78 is 31.5. The van der Waals surface area contributed by atoms with E-state index in [9.17, 15) is 4.21 Å². The second-order valence-corrected chi connectivity index (χ2v) is 10.7. The number of hydrogen-bond donors (Lipinski definition) is 0. The van der Waals surface area contributed by atoms with Crippen molar-refractivity contribution in [3.8, 4) is 0 Å². The molecular formula is C26H36O4S. The molecule has 0 spiro atoms. The normalized spacial score (nSPS) is 26.2. The molecular weight excluding hydrogens is 408 g/mol. The van der Waals surface area contributed by atoms with Crippen LogP contribution in [0.15, 0.2) is 65.6 Å². The highest BCUT2D eigenvalue weighted by Gasteiger charge is 2.45. The van der Waals surface area contributed by atoms with E-state index in [1.54, 1.807) is 0 Å². The molecule has 0 aromatic heterocycles. The van der Waals surface area contributed by atoms with Crippen LogP contribution in [0.2, 0.25) is 0 Å². The van der Waals surface area contributed by atoms with Gasteiger partial charge in [0.15, 0.2) is 5.79 Å². The van der Waals surface area contributed by atoms with Crippen molar-refractivity contribution in [3.63, 3.8) is 0 Å². The molecule has 0 aliphatic carbocycles. The predicted octanol–water partition coefficient (Wildman–Crippen LogP) is 5.44. The lowest BCUT2D eigenvalue weighted by atomic mass is 9.83. The highest BCUT2D eigenvalue weighted by molar-refractivity contribution is 7.85. The van der Waals surface area contributed by atoms with Gasteiger partial charge in [-0.05, 0) is 37.5 Å². The zero-order valence-electron chi connectivity index (χ0n) is 19.3. The van der Waals surface area contributed by atoms with E-state index < -0.39 is 16.6 Å². The van der Waals surface area contributed by atoms with E-state index >= 15 is 0 Å². The molecule has 0 N–H and O–H groups in total. The van der Waals surface area contributed by atoms with Crippen LogP contribution in [-0.2, 0) is 31.6 Å². The number of hydrogen-bond acceptors (Lipinski definition) is 4. The molecule has 6 atom stereocenters. The largest absolute Gasteiger partial charge is 0.376 e. The molecule has 1 aliphatic rings. The zero-order chi connectivity index (χ0) is 22.4. The Bertz CT molecular complexity index is 824. The third kappa shape index (κ3) is 6.72. The third-order valence-corrected chi connectivity index (χ3v) is 7.54. The molecule has 1 heterocycles. The molecule has 1 unspecified atom stereocenters. The van der Waals surface area contributed by atoms with Gasteiger partial charge in [-0.1, -0.05) is 69.3 Å². The van der Waals surface area contributed by atoms with Crippen molar-refractivity contribution in [2.24, 2.45) is 17.8 Å². The van der Waals surface area contributed by atoms with E-state index in [0.29, 0.717) is 19.0 Å². The van der Waals surface area contributed by atoms with Crippen LogP contribution in [-0.4, -0.2) is 34.6 Å². The Morgan fingerprint density at radius 2 is 1.48 bits per heavy atom. The van der Waals surface area contributed by atoms with Gasteiger partial charge < -0.3 is 14.2 Å². The molecule has 1 saturated heterocycles. The number of benzene rings is 2. The first-order valence-electron chi connectivity index (χ1n) is 11.2. The zero-order valence-corrected chi connectivity index (χ0v) is 20.1. The van der Waals surface area contributed by atoms with Crippen molar-refractivity contribution < 1.29 is 18.4 Å². The van der Waals surface area contributed by atoms with Crippen molar-refractivity contribution in [3.05, 3.63) is 66.2 Å². The Kier molecular flexibility index (Phi) is 8.45. The van der Waals surface area contributed by atoms with Crippen LogP contribution >= 0.6 is 0 Å². The molecule has 0 saturated carbocycles. The molecule has 2 aromatic carbocycles. The highest BCUT2D eigenvalue weighted by atomic mass is 32.2. The maximum absolute atomic E-state index is 12.9. The van der Waals surface area contributed by atoms with Crippen molar-refractivity contribution in [2.45, 2.75) is 64.1 Å². The Balaban J connectivity index is 1.61. The Hall–Kier alpha value is -1.53. The average molecular weight is 445 g/mol. The van der Waals surface area contributed by atoms with Gasteiger partial charge in [0.25, 0.3) is 0 Å². The molecule has 0 radical (unpaired) electrons. The lowest BCUT2D eigenvalue weighted by Gasteiger charge is -2.48. The summed E-state index contributed by atoms with van der Waals surface area (Å²) in [6.45, 7) is 11.7. The summed E-state index contributed by atoms with van der Waals surface area (Å²) in [5.74, 6) is 0.417. The highest BCUT2D eigenvalue weighted by Crippen LogP contribution is 2.38. The summed E-state index contributed by atoms with van der Waals surface area (Å²) in [4.78, 5) is 0.868. The van der Waals surface area contributed by atoms with Crippen molar-refractivity contribution in [1.29, 1.82) is 0 Å². The molecule has 2 aromatic rings. The fourth-order valence-electron chi connectivity index (χ4n) is 4.39. The first-order valence-corrected chi connectivity index (χ1v) is 12.5. The molecule has 170 valence electrons. The molecule has 3 rings (SSSR count). The Morgan fingerprint density at radius 1 is 0.935 bits per heavy atom. The summed E-state index contributed by atoms with van der Waals surface area (Å²) >= 11 is 0. The standard InChI is InChI=1S/C26H36O4S/c1-19(16-28-17-22-12-8-6-9-13-22)24-21(3)25(30-26(4,5)29-24)20(2)18-31(27)23-14-10-7-11-15-23/h6-15,19-21,24-25H,16-18H2,1-5H3/t19-,20-,21-,24+,25-,31?/m0/s1. The van der Waals surface area contributed by atoms with E-state index in [1.807, 2.05) is 62.4 Å². The quantitative estimate of drug-likeness (QED) is 0.517. The van der Waals surface area contributed by atoms with Crippen LogP contribution in [0.5, 0.6) is 0 Å². The van der Waals surface area contributed by atoms with Crippen LogP contribution in [0.4, 0.5) is 0 Å². The van der Waals surface area contributed by atoms with Crippen LogP contribution in [0.25, 0.3) is 0 Å². The van der Waals surface area contributed by atoms with Gasteiger partial charge in [0.1, 0.15) is 0 Å².